The van der Waals surface area contributed by atoms with Crippen LogP contribution in [-0.2, 0) is 16.1 Å². The Morgan fingerprint density at radius 2 is 1.93 bits per heavy atom. The van der Waals surface area contributed by atoms with Gasteiger partial charge in [-0.3, -0.25) is 19.4 Å². The molecule has 3 fully saturated rings. The van der Waals surface area contributed by atoms with Crippen LogP contribution in [0.2, 0.25) is 5.15 Å². The van der Waals surface area contributed by atoms with Crippen molar-refractivity contribution in [3.8, 4) is 0 Å². The van der Waals surface area contributed by atoms with Crippen LogP contribution in [-0.4, -0.2) is 65.7 Å². The van der Waals surface area contributed by atoms with Gasteiger partial charge < -0.3 is 15.0 Å². The van der Waals surface area contributed by atoms with E-state index >= 15 is 0 Å². The van der Waals surface area contributed by atoms with Gasteiger partial charge in [0.2, 0.25) is 11.8 Å². The number of anilines is 3. The molecular formula is C27H25ClN10O3. The number of pyridine rings is 1. The Balaban J connectivity index is 1.05. The molecule has 2 aliphatic carbocycles. The molecule has 2 atom stereocenters. The van der Waals surface area contributed by atoms with Gasteiger partial charge in [-0.2, -0.15) is 0 Å². The molecule has 0 radical (unpaired) electrons. The molecule has 4 amide bonds. The van der Waals surface area contributed by atoms with Crippen molar-refractivity contribution in [3.05, 3.63) is 65.4 Å². The van der Waals surface area contributed by atoms with Crippen molar-refractivity contribution >= 4 is 52.4 Å². The molecule has 0 bridgehead atoms. The van der Waals surface area contributed by atoms with Gasteiger partial charge in [-0.15, -0.1) is 0 Å². The normalized spacial score (nSPS) is 20.1. The monoisotopic (exact) mass is 572 g/mol. The highest BCUT2D eigenvalue weighted by molar-refractivity contribution is 6.29. The molecule has 4 aromatic heterocycles. The van der Waals surface area contributed by atoms with E-state index in [0.717, 1.165) is 29.0 Å². The van der Waals surface area contributed by atoms with Crippen molar-refractivity contribution in [1.82, 2.24) is 34.2 Å². The number of amides is 4. The minimum atomic E-state index is -0.360. The molecule has 2 unspecified atom stereocenters. The number of carbonyl (C=O) groups excluding carboxylic acids is 3. The number of imidazole rings is 1. The van der Waals surface area contributed by atoms with Gasteiger partial charge in [-0.05, 0) is 42.9 Å². The van der Waals surface area contributed by atoms with Gasteiger partial charge in [-0.1, -0.05) is 11.6 Å². The van der Waals surface area contributed by atoms with E-state index in [2.05, 4.69) is 30.6 Å². The molecule has 2 N–H and O–H groups in total. The summed E-state index contributed by atoms with van der Waals surface area (Å²) in [5.74, 6) is 1.18. The first-order valence-corrected chi connectivity index (χ1v) is 13.7. The highest BCUT2D eigenvalue weighted by Gasteiger charge is 2.46. The molecule has 1 saturated heterocycles. The van der Waals surface area contributed by atoms with Crippen molar-refractivity contribution in [1.29, 1.82) is 0 Å². The summed E-state index contributed by atoms with van der Waals surface area (Å²) in [5, 5.41) is 6.42. The van der Waals surface area contributed by atoms with Gasteiger partial charge in [0.15, 0.2) is 5.65 Å². The van der Waals surface area contributed by atoms with Crippen LogP contribution in [0.1, 0.15) is 48.2 Å². The van der Waals surface area contributed by atoms with E-state index in [1.54, 1.807) is 18.3 Å². The van der Waals surface area contributed by atoms with Crippen molar-refractivity contribution in [3.63, 3.8) is 0 Å². The highest BCUT2D eigenvalue weighted by atomic mass is 35.5. The molecule has 3 aliphatic rings. The largest absolute Gasteiger partial charge is 0.364 e. The number of imide groups is 1. The van der Waals surface area contributed by atoms with Crippen LogP contribution >= 0.6 is 11.6 Å². The second kappa shape index (κ2) is 9.77. The first kappa shape index (κ1) is 25.3. The van der Waals surface area contributed by atoms with Crippen LogP contribution in [0.4, 0.5) is 22.1 Å². The number of likely N-dealkylation sites (N-methyl/N-ethyl adjacent to an activating group) is 1. The summed E-state index contributed by atoms with van der Waals surface area (Å²) in [4.78, 5) is 62.0. The number of nitrogens with zero attached hydrogens (tertiary/aromatic N) is 8. The number of aromatic nitrogens is 6. The van der Waals surface area contributed by atoms with Crippen LogP contribution in [0.3, 0.4) is 0 Å². The Bertz CT molecular complexity index is 1720. The van der Waals surface area contributed by atoms with Crippen LogP contribution in [0.5, 0.6) is 0 Å². The third-order valence-electron chi connectivity index (χ3n) is 7.60. The number of hydrogen-bond acceptors (Lipinski definition) is 9. The molecule has 14 heteroatoms. The Kier molecular flexibility index (Phi) is 6.03. The number of urea groups is 1. The van der Waals surface area contributed by atoms with Gasteiger partial charge in [0.05, 0.1) is 17.9 Å². The maximum atomic E-state index is 12.8. The standard InChI is InChI=1S/C27H25ClN10O3/c1-36-23(39)12-38(27(36)41)19-6-15(14-2-3-14)10-37-11-16(33-25(19)37)9-30-21-8-22(32-13-31-21)35-26(40)18-7-17(18)24-29-5-4-20(28)34-24/h4-6,8,10-11,13-14,17-18H,2-3,7,9,12H2,1H3,(H2,30,31,32,35,40). The number of rotatable bonds is 8. The lowest BCUT2D eigenvalue weighted by Gasteiger charge is -2.17. The molecule has 41 heavy (non-hydrogen) atoms. The Labute approximate surface area is 239 Å². The summed E-state index contributed by atoms with van der Waals surface area (Å²) in [7, 11) is 1.49. The molecule has 0 spiro atoms. The number of fused-ring (bicyclic) bond motifs is 1. The summed E-state index contributed by atoms with van der Waals surface area (Å²) in [6.07, 6.45) is 9.75. The molecule has 2 saturated carbocycles. The average Bonchev–Trinajstić information content (AvgIpc) is 3.89. The zero-order valence-electron chi connectivity index (χ0n) is 22.0. The number of halogens is 1. The lowest BCUT2D eigenvalue weighted by atomic mass is 10.1. The van der Waals surface area contributed by atoms with E-state index in [0.29, 0.717) is 52.8 Å². The van der Waals surface area contributed by atoms with E-state index in [9.17, 15) is 14.4 Å². The predicted molar refractivity (Wildman–Crippen MR) is 149 cm³/mol. The van der Waals surface area contributed by atoms with Crippen molar-refractivity contribution in [2.24, 2.45) is 5.92 Å². The third kappa shape index (κ3) is 4.92. The van der Waals surface area contributed by atoms with Gasteiger partial charge in [-0.25, -0.2) is 29.7 Å². The Hall–Kier alpha value is -4.65. The fourth-order valence-corrected chi connectivity index (χ4v) is 5.23. The minimum absolute atomic E-state index is 0.0112. The summed E-state index contributed by atoms with van der Waals surface area (Å²) >= 11 is 5.95. The van der Waals surface area contributed by atoms with Crippen molar-refractivity contribution in [2.45, 2.75) is 37.6 Å². The molecule has 4 aromatic rings. The molecule has 208 valence electrons. The number of hydrogen-bond donors (Lipinski definition) is 2. The molecule has 5 heterocycles. The van der Waals surface area contributed by atoms with Gasteiger partial charge in [0.1, 0.15) is 35.5 Å². The first-order valence-electron chi connectivity index (χ1n) is 13.3. The van der Waals surface area contributed by atoms with Crippen LogP contribution in [0, 0.1) is 5.92 Å². The smallest absolute Gasteiger partial charge is 0.331 e. The number of carbonyl (C=O) groups is 3. The topological polar surface area (TPSA) is 151 Å². The molecular weight excluding hydrogens is 548 g/mol. The fraction of sp³-hybridized carbons (Fsp3) is 0.333. The van der Waals surface area contributed by atoms with Crippen LogP contribution < -0.4 is 15.5 Å². The number of nitrogens with one attached hydrogen (secondary N) is 2. The lowest BCUT2D eigenvalue weighted by Crippen LogP contribution is -2.30. The molecule has 0 aromatic carbocycles. The van der Waals surface area contributed by atoms with E-state index < -0.39 is 0 Å². The molecule has 1 aliphatic heterocycles. The predicted octanol–water partition coefficient (Wildman–Crippen LogP) is 3.20. The SMILES string of the molecule is CN1C(=O)CN(c2cc(C3CC3)cn3cc(CNc4cc(NC(=O)C5CC5c5nccc(Cl)n5)ncn4)nc23)C1=O. The van der Waals surface area contributed by atoms with Crippen molar-refractivity contribution in [2.75, 3.05) is 29.1 Å². The van der Waals surface area contributed by atoms with E-state index in [4.69, 9.17) is 16.6 Å². The van der Waals surface area contributed by atoms with Crippen LogP contribution in [0.15, 0.2) is 43.1 Å². The van der Waals surface area contributed by atoms with E-state index in [1.807, 2.05) is 22.9 Å². The summed E-state index contributed by atoms with van der Waals surface area (Å²) in [6.45, 7) is 0.330. The molecule has 13 nitrogen and oxygen atoms in total. The summed E-state index contributed by atoms with van der Waals surface area (Å²) in [6, 6.07) is 4.87. The maximum absolute atomic E-state index is 12.8. The summed E-state index contributed by atoms with van der Waals surface area (Å²) in [5.41, 5.74) is 3.06. The van der Waals surface area contributed by atoms with Crippen LogP contribution in [0.25, 0.3) is 5.65 Å². The fourth-order valence-electron chi connectivity index (χ4n) is 5.08. The van der Waals surface area contributed by atoms with E-state index in [1.165, 1.54) is 18.3 Å². The quantitative estimate of drug-likeness (QED) is 0.239. The highest BCUT2D eigenvalue weighted by Crippen LogP contribution is 2.46. The zero-order valence-corrected chi connectivity index (χ0v) is 22.7. The lowest BCUT2D eigenvalue weighted by molar-refractivity contribution is -0.124. The second-order valence-corrected chi connectivity index (χ2v) is 10.9. The first-order chi connectivity index (χ1) is 19.8. The van der Waals surface area contributed by atoms with Crippen molar-refractivity contribution < 1.29 is 14.4 Å². The average molecular weight is 573 g/mol. The second-order valence-electron chi connectivity index (χ2n) is 10.5. The zero-order chi connectivity index (χ0) is 28.2. The Morgan fingerprint density at radius 1 is 1.10 bits per heavy atom. The molecule has 7 rings (SSSR count). The minimum Gasteiger partial charge on any atom is -0.364 e. The van der Waals surface area contributed by atoms with E-state index in [-0.39, 0.29) is 36.2 Å². The summed E-state index contributed by atoms with van der Waals surface area (Å²) < 4.78 is 1.91. The van der Waals surface area contributed by atoms with Gasteiger partial charge >= 0.3 is 6.03 Å². The van der Waals surface area contributed by atoms with Gasteiger partial charge in [0, 0.05) is 43.5 Å². The third-order valence-corrected chi connectivity index (χ3v) is 7.81. The maximum Gasteiger partial charge on any atom is 0.331 e. The van der Waals surface area contributed by atoms with Gasteiger partial charge in [0.25, 0.3) is 0 Å². The Morgan fingerprint density at radius 3 is 2.68 bits per heavy atom.